The lowest BCUT2D eigenvalue weighted by atomic mass is 10.0. The number of aryl methyl sites for hydroxylation is 2. The van der Waals surface area contributed by atoms with E-state index in [1.54, 1.807) is 14.2 Å². The quantitative estimate of drug-likeness (QED) is 0.917. The number of imidazole rings is 1. The van der Waals surface area contributed by atoms with Gasteiger partial charge in [0.25, 0.3) is 0 Å². The first-order valence-corrected chi connectivity index (χ1v) is 5.80. The van der Waals surface area contributed by atoms with Crippen molar-refractivity contribution in [2.45, 2.75) is 13.8 Å². The number of nitrogens with one attached hydrogen (secondary N) is 1. The van der Waals surface area contributed by atoms with Crippen LogP contribution in [-0.4, -0.2) is 24.2 Å². The molecule has 0 saturated carbocycles. The molecule has 0 fully saturated rings. The zero-order chi connectivity index (χ0) is 14.0. The molecule has 1 aromatic carbocycles. The molecular weight excluding hydrogens is 242 g/mol. The first-order valence-electron chi connectivity index (χ1n) is 5.80. The molecule has 0 atom stereocenters. The number of methoxy groups -OCH3 is 2. The molecule has 0 aliphatic carbocycles. The number of nitrogens with zero attached hydrogens (tertiary/aromatic N) is 2. The van der Waals surface area contributed by atoms with Crippen molar-refractivity contribution in [3.05, 3.63) is 29.2 Å². The predicted octanol–water partition coefficient (Wildman–Crippen LogP) is 2.58. The van der Waals surface area contributed by atoms with Gasteiger partial charge in [-0.15, -0.1) is 0 Å². The lowest BCUT2D eigenvalue weighted by Crippen LogP contribution is -1.94. The summed E-state index contributed by atoms with van der Waals surface area (Å²) in [5, 5.41) is 9.12. The van der Waals surface area contributed by atoms with Crippen LogP contribution in [-0.2, 0) is 0 Å². The second kappa shape index (κ2) is 5.02. The number of nitriles is 1. The van der Waals surface area contributed by atoms with Crippen LogP contribution in [0.25, 0.3) is 11.3 Å². The highest BCUT2D eigenvalue weighted by atomic mass is 16.5. The number of benzene rings is 1. The average molecular weight is 257 g/mol. The van der Waals surface area contributed by atoms with Crippen molar-refractivity contribution in [1.82, 2.24) is 9.97 Å². The molecule has 0 unspecified atom stereocenters. The van der Waals surface area contributed by atoms with E-state index in [9.17, 15) is 0 Å². The molecule has 0 saturated heterocycles. The maximum absolute atomic E-state index is 9.12. The third kappa shape index (κ3) is 2.25. The van der Waals surface area contributed by atoms with Crippen LogP contribution in [0.15, 0.2) is 12.1 Å². The van der Waals surface area contributed by atoms with E-state index in [2.05, 4.69) is 16.0 Å². The van der Waals surface area contributed by atoms with Gasteiger partial charge in [-0.3, -0.25) is 0 Å². The van der Waals surface area contributed by atoms with E-state index in [4.69, 9.17) is 14.7 Å². The van der Waals surface area contributed by atoms with E-state index in [0.717, 1.165) is 11.1 Å². The zero-order valence-corrected chi connectivity index (χ0v) is 11.4. The molecule has 0 bridgehead atoms. The van der Waals surface area contributed by atoms with Gasteiger partial charge in [-0.25, -0.2) is 4.98 Å². The minimum Gasteiger partial charge on any atom is -0.493 e. The van der Waals surface area contributed by atoms with Crippen molar-refractivity contribution in [2.75, 3.05) is 14.2 Å². The van der Waals surface area contributed by atoms with Gasteiger partial charge in [0, 0.05) is 5.56 Å². The van der Waals surface area contributed by atoms with Gasteiger partial charge in [0.2, 0.25) is 0 Å². The molecule has 2 rings (SSSR count). The SMILES string of the molecule is COc1cc(C)c(-c2[nH]c(C)nc2C#N)cc1OC. The third-order valence-electron chi connectivity index (χ3n) is 2.93. The Kier molecular flexibility index (Phi) is 3.43. The molecule has 0 spiro atoms. The topological polar surface area (TPSA) is 70.9 Å². The molecule has 0 amide bonds. The molecule has 1 heterocycles. The van der Waals surface area contributed by atoms with Crippen molar-refractivity contribution in [2.24, 2.45) is 0 Å². The number of aromatic nitrogens is 2. The average Bonchev–Trinajstić information content (AvgIpc) is 2.79. The summed E-state index contributed by atoms with van der Waals surface area (Å²) in [6.07, 6.45) is 0. The van der Waals surface area contributed by atoms with Crippen LogP contribution in [0.4, 0.5) is 0 Å². The highest BCUT2D eigenvalue weighted by Crippen LogP contribution is 2.35. The van der Waals surface area contributed by atoms with E-state index in [0.29, 0.717) is 28.7 Å². The van der Waals surface area contributed by atoms with Crippen LogP contribution in [0.1, 0.15) is 17.1 Å². The molecule has 5 nitrogen and oxygen atoms in total. The number of hydrogen-bond acceptors (Lipinski definition) is 4. The van der Waals surface area contributed by atoms with Crippen molar-refractivity contribution in [3.8, 4) is 28.8 Å². The number of rotatable bonds is 3. The fraction of sp³-hybridized carbons (Fsp3) is 0.286. The fourth-order valence-electron chi connectivity index (χ4n) is 2.02. The second-order valence-corrected chi connectivity index (χ2v) is 4.18. The molecular formula is C14H15N3O2. The maximum Gasteiger partial charge on any atom is 0.166 e. The van der Waals surface area contributed by atoms with Gasteiger partial charge in [-0.05, 0) is 31.5 Å². The largest absolute Gasteiger partial charge is 0.493 e. The first-order chi connectivity index (χ1) is 9.10. The molecule has 0 radical (unpaired) electrons. The number of H-pyrrole nitrogens is 1. The third-order valence-corrected chi connectivity index (χ3v) is 2.93. The van der Waals surface area contributed by atoms with Gasteiger partial charge >= 0.3 is 0 Å². The molecule has 2 aromatic rings. The molecule has 1 aromatic heterocycles. The zero-order valence-electron chi connectivity index (χ0n) is 11.4. The van der Waals surface area contributed by atoms with Crippen LogP contribution in [0.3, 0.4) is 0 Å². The van der Waals surface area contributed by atoms with Gasteiger partial charge < -0.3 is 14.5 Å². The standard InChI is InChI=1S/C14H15N3O2/c1-8-5-12(18-3)13(19-4)6-10(8)14-11(7-15)16-9(2)17-14/h5-6H,1-4H3,(H,16,17). The van der Waals surface area contributed by atoms with E-state index in [1.807, 2.05) is 26.0 Å². The molecule has 1 N–H and O–H groups in total. The summed E-state index contributed by atoms with van der Waals surface area (Å²) >= 11 is 0. The lowest BCUT2D eigenvalue weighted by molar-refractivity contribution is 0.355. The first kappa shape index (κ1) is 13.0. The normalized spacial score (nSPS) is 10.1. The van der Waals surface area contributed by atoms with Crippen LogP contribution < -0.4 is 9.47 Å². The summed E-state index contributed by atoms with van der Waals surface area (Å²) in [5.41, 5.74) is 2.96. The molecule has 0 aliphatic rings. The van der Waals surface area contributed by atoms with Crippen LogP contribution in [0, 0.1) is 25.2 Å². The number of ether oxygens (including phenoxy) is 2. The van der Waals surface area contributed by atoms with Gasteiger partial charge in [-0.2, -0.15) is 5.26 Å². The predicted molar refractivity (Wildman–Crippen MR) is 71.3 cm³/mol. The summed E-state index contributed by atoms with van der Waals surface area (Å²) in [5.74, 6) is 2.00. The van der Waals surface area contributed by atoms with E-state index in [1.165, 1.54) is 0 Å². The summed E-state index contributed by atoms with van der Waals surface area (Å²) in [6, 6.07) is 5.82. The maximum atomic E-state index is 9.12. The Hall–Kier alpha value is -2.48. The van der Waals surface area contributed by atoms with E-state index >= 15 is 0 Å². The Bertz CT molecular complexity index is 653. The highest BCUT2D eigenvalue weighted by Gasteiger charge is 2.15. The smallest absolute Gasteiger partial charge is 0.166 e. The Morgan fingerprint density at radius 2 is 1.79 bits per heavy atom. The van der Waals surface area contributed by atoms with Crippen molar-refractivity contribution < 1.29 is 9.47 Å². The van der Waals surface area contributed by atoms with E-state index in [-0.39, 0.29) is 0 Å². The highest BCUT2D eigenvalue weighted by molar-refractivity contribution is 5.72. The van der Waals surface area contributed by atoms with Crippen molar-refractivity contribution >= 4 is 0 Å². The summed E-state index contributed by atoms with van der Waals surface area (Å²) in [4.78, 5) is 7.27. The second-order valence-electron chi connectivity index (χ2n) is 4.18. The summed E-state index contributed by atoms with van der Waals surface area (Å²) < 4.78 is 10.5. The Morgan fingerprint density at radius 3 is 2.37 bits per heavy atom. The fourth-order valence-corrected chi connectivity index (χ4v) is 2.02. The monoisotopic (exact) mass is 257 g/mol. The molecule has 5 heteroatoms. The number of hydrogen-bond donors (Lipinski definition) is 1. The lowest BCUT2D eigenvalue weighted by Gasteiger charge is -2.12. The van der Waals surface area contributed by atoms with E-state index < -0.39 is 0 Å². The van der Waals surface area contributed by atoms with Gasteiger partial charge in [-0.1, -0.05) is 0 Å². The molecule has 98 valence electrons. The van der Waals surface area contributed by atoms with Crippen LogP contribution in [0.5, 0.6) is 11.5 Å². The van der Waals surface area contributed by atoms with Crippen molar-refractivity contribution in [3.63, 3.8) is 0 Å². The van der Waals surface area contributed by atoms with Crippen molar-refractivity contribution in [1.29, 1.82) is 5.26 Å². The Morgan fingerprint density at radius 1 is 1.16 bits per heavy atom. The summed E-state index contributed by atoms with van der Waals surface area (Å²) in [7, 11) is 3.18. The Balaban J connectivity index is 2.65. The van der Waals surface area contributed by atoms with Gasteiger partial charge in [0.05, 0.1) is 19.9 Å². The number of aromatic amines is 1. The minimum atomic E-state index is 0.382. The van der Waals surface area contributed by atoms with Gasteiger partial charge in [0.1, 0.15) is 11.9 Å². The minimum absolute atomic E-state index is 0.382. The van der Waals surface area contributed by atoms with Crippen LogP contribution in [0.2, 0.25) is 0 Å². The van der Waals surface area contributed by atoms with Gasteiger partial charge in [0.15, 0.2) is 17.2 Å². The molecule has 19 heavy (non-hydrogen) atoms. The Labute approximate surface area is 111 Å². The van der Waals surface area contributed by atoms with Crippen LogP contribution >= 0.6 is 0 Å². The summed E-state index contributed by atoms with van der Waals surface area (Å²) in [6.45, 7) is 3.77. The molecule has 0 aliphatic heterocycles.